The predicted octanol–water partition coefficient (Wildman–Crippen LogP) is 7.13. The first-order valence-corrected chi connectivity index (χ1v) is 13.2. The third-order valence-electron chi connectivity index (χ3n) is 5.75. The minimum absolute atomic E-state index is 0.00221. The lowest BCUT2D eigenvalue weighted by atomic mass is 9.95. The van der Waals surface area contributed by atoms with E-state index in [9.17, 15) is 14.7 Å². The molecular formula is C27H20BrClN2O4S. The lowest BCUT2D eigenvalue weighted by Crippen LogP contribution is -2.29. The Balaban J connectivity index is 1.65. The third-order valence-corrected chi connectivity index (χ3v) is 7.50. The van der Waals surface area contributed by atoms with E-state index in [0.29, 0.717) is 39.2 Å². The maximum atomic E-state index is 13.4. The highest BCUT2D eigenvalue weighted by Crippen LogP contribution is 2.45. The molecule has 0 radical (unpaired) electrons. The van der Waals surface area contributed by atoms with Gasteiger partial charge >= 0.3 is 5.91 Å². The number of fused-ring (bicyclic) bond motifs is 1. The molecule has 4 aromatic rings. The van der Waals surface area contributed by atoms with Gasteiger partial charge in [0.15, 0.2) is 5.13 Å². The zero-order valence-electron chi connectivity index (χ0n) is 19.1. The van der Waals surface area contributed by atoms with Crippen LogP contribution >= 0.6 is 38.9 Å². The summed E-state index contributed by atoms with van der Waals surface area (Å²) in [5.74, 6) is -1.13. The van der Waals surface area contributed by atoms with Crippen LogP contribution in [0.25, 0.3) is 16.0 Å². The van der Waals surface area contributed by atoms with E-state index in [1.165, 1.54) is 16.2 Å². The zero-order chi connectivity index (χ0) is 25.4. The number of aliphatic hydroxyl groups excluding tert-OH is 1. The van der Waals surface area contributed by atoms with Gasteiger partial charge < -0.3 is 9.84 Å². The van der Waals surface area contributed by atoms with E-state index in [0.717, 1.165) is 15.6 Å². The number of ether oxygens (including phenoxy) is 1. The van der Waals surface area contributed by atoms with Crippen LogP contribution in [0, 0.1) is 0 Å². The summed E-state index contributed by atoms with van der Waals surface area (Å²) < 4.78 is 7.18. The van der Waals surface area contributed by atoms with Gasteiger partial charge in [0.1, 0.15) is 11.5 Å². The van der Waals surface area contributed by atoms with Crippen molar-refractivity contribution in [2.45, 2.75) is 19.4 Å². The summed E-state index contributed by atoms with van der Waals surface area (Å²) in [7, 11) is 0. The summed E-state index contributed by atoms with van der Waals surface area (Å²) in [5, 5.41) is 12.2. The number of ketones is 1. The van der Waals surface area contributed by atoms with Crippen molar-refractivity contribution in [3.05, 3.63) is 92.9 Å². The van der Waals surface area contributed by atoms with Gasteiger partial charge in [-0.15, -0.1) is 0 Å². The smallest absolute Gasteiger partial charge is 0.301 e. The van der Waals surface area contributed by atoms with Crippen LogP contribution in [0.4, 0.5) is 5.13 Å². The number of aromatic nitrogens is 1. The molecule has 6 nitrogen and oxygen atoms in total. The monoisotopic (exact) mass is 582 g/mol. The fourth-order valence-corrected chi connectivity index (χ4v) is 5.78. The molecule has 2 heterocycles. The molecule has 0 spiro atoms. The Morgan fingerprint density at radius 1 is 1.14 bits per heavy atom. The first-order valence-electron chi connectivity index (χ1n) is 11.2. The molecule has 0 saturated carbocycles. The maximum absolute atomic E-state index is 13.4. The Kier molecular flexibility index (Phi) is 6.83. The molecule has 36 heavy (non-hydrogen) atoms. The Morgan fingerprint density at radius 2 is 1.92 bits per heavy atom. The van der Waals surface area contributed by atoms with Gasteiger partial charge in [0.25, 0.3) is 5.78 Å². The second-order valence-electron chi connectivity index (χ2n) is 8.21. The topological polar surface area (TPSA) is 79.7 Å². The minimum atomic E-state index is -0.866. The predicted molar refractivity (Wildman–Crippen MR) is 146 cm³/mol. The van der Waals surface area contributed by atoms with Gasteiger partial charge in [-0.05, 0) is 66.6 Å². The average Bonchev–Trinajstić information content (AvgIpc) is 3.40. The van der Waals surface area contributed by atoms with Crippen molar-refractivity contribution in [3.8, 4) is 5.75 Å². The van der Waals surface area contributed by atoms with Gasteiger partial charge in [-0.3, -0.25) is 14.5 Å². The number of aliphatic hydroxyl groups is 1. The van der Waals surface area contributed by atoms with Gasteiger partial charge in [-0.25, -0.2) is 4.98 Å². The molecule has 0 aliphatic carbocycles. The summed E-state index contributed by atoms with van der Waals surface area (Å²) in [6, 6.07) is 18.5. The standard InChI is InChI=1S/C27H20BrClN2O4S/c1-2-12-35-19-9-6-15(7-10-19)24(32)22-23(16-4-3-5-17(28)13-16)31(26(34)25(22)33)27-30-20-11-8-18(29)14-21(20)36-27/h3-11,13-14,23,32H,2,12H2,1H3/b24-22+. The molecule has 3 aromatic carbocycles. The lowest BCUT2D eigenvalue weighted by Gasteiger charge is -2.23. The van der Waals surface area contributed by atoms with Crippen LogP contribution in [0.3, 0.4) is 0 Å². The molecule has 1 aliphatic rings. The molecule has 1 amide bonds. The number of Topliss-reactive ketones (excluding diaryl/α,β-unsaturated/α-hetero) is 1. The third kappa shape index (κ3) is 4.52. The molecule has 1 saturated heterocycles. The number of halogens is 2. The molecule has 9 heteroatoms. The van der Waals surface area contributed by atoms with Gasteiger partial charge in [0.2, 0.25) is 0 Å². The summed E-state index contributed by atoms with van der Waals surface area (Å²) in [5.41, 5.74) is 1.73. The lowest BCUT2D eigenvalue weighted by molar-refractivity contribution is -0.132. The van der Waals surface area contributed by atoms with Crippen LogP contribution < -0.4 is 9.64 Å². The maximum Gasteiger partial charge on any atom is 0.301 e. The van der Waals surface area contributed by atoms with E-state index in [2.05, 4.69) is 20.9 Å². The number of rotatable bonds is 6. The number of hydrogen-bond donors (Lipinski definition) is 1. The average molecular weight is 584 g/mol. The molecule has 1 fully saturated rings. The second kappa shape index (κ2) is 10.0. The minimum Gasteiger partial charge on any atom is -0.507 e. The van der Waals surface area contributed by atoms with Crippen molar-refractivity contribution in [3.63, 3.8) is 0 Å². The van der Waals surface area contributed by atoms with E-state index < -0.39 is 17.7 Å². The van der Waals surface area contributed by atoms with E-state index in [4.69, 9.17) is 16.3 Å². The normalized spacial score (nSPS) is 17.2. The van der Waals surface area contributed by atoms with E-state index in [1.54, 1.807) is 42.5 Å². The van der Waals surface area contributed by atoms with Crippen molar-refractivity contribution in [2.75, 3.05) is 11.5 Å². The van der Waals surface area contributed by atoms with Crippen LogP contribution in [0.1, 0.15) is 30.5 Å². The number of carbonyl (C=O) groups excluding carboxylic acids is 2. The highest BCUT2D eigenvalue weighted by atomic mass is 79.9. The zero-order valence-corrected chi connectivity index (χ0v) is 22.2. The van der Waals surface area contributed by atoms with Gasteiger partial charge in [-0.2, -0.15) is 0 Å². The van der Waals surface area contributed by atoms with Crippen LogP contribution in [0.5, 0.6) is 5.75 Å². The van der Waals surface area contributed by atoms with Crippen molar-refractivity contribution in [1.29, 1.82) is 0 Å². The number of nitrogens with zero attached hydrogens (tertiary/aromatic N) is 2. The molecule has 1 aromatic heterocycles. The van der Waals surface area contributed by atoms with Gasteiger partial charge in [0.05, 0.1) is 28.4 Å². The molecule has 1 unspecified atom stereocenters. The van der Waals surface area contributed by atoms with Crippen LogP contribution in [0.15, 0.2) is 76.8 Å². The summed E-state index contributed by atoms with van der Waals surface area (Å²) in [6.45, 7) is 2.59. The number of amides is 1. The summed E-state index contributed by atoms with van der Waals surface area (Å²) >= 11 is 10.9. The van der Waals surface area contributed by atoms with Crippen molar-refractivity contribution >= 4 is 71.7 Å². The summed E-state index contributed by atoms with van der Waals surface area (Å²) in [4.78, 5) is 32.7. The highest BCUT2D eigenvalue weighted by Gasteiger charge is 2.48. The Bertz CT molecular complexity index is 1520. The molecule has 182 valence electrons. The largest absolute Gasteiger partial charge is 0.507 e. The highest BCUT2D eigenvalue weighted by molar-refractivity contribution is 9.10. The SMILES string of the molecule is CCCOc1ccc(/C(O)=C2\C(=O)C(=O)N(c3nc4ccc(Cl)cc4s3)C2c2cccc(Br)c2)cc1. The quantitative estimate of drug-likeness (QED) is 0.148. The van der Waals surface area contributed by atoms with Crippen molar-refractivity contribution < 1.29 is 19.4 Å². The van der Waals surface area contributed by atoms with Crippen molar-refractivity contribution in [1.82, 2.24) is 4.98 Å². The number of anilines is 1. The van der Waals surface area contributed by atoms with Gasteiger partial charge in [-0.1, -0.05) is 57.9 Å². The van der Waals surface area contributed by atoms with E-state index in [-0.39, 0.29) is 11.3 Å². The second-order valence-corrected chi connectivity index (χ2v) is 10.6. The molecule has 0 bridgehead atoms. The van der Waals surface area contributed by atoms with Crippen LogP contribution in [-0.4, -0.2) is 28.4 Å². The van der Waals surface area contributed by atoms with E-state index >= 15 is 0 Å². The first-order chi connectivity index (χ1) is 17.4. The first kappa shape index (κ1) is 24.5. The Labute approximate surface area is 224 Å². The summed E-state index contributed by atoms with van der Waals surface area (Å²) in [6.07, 6.45) is 0.871. The molecular weight excluding hydrogens is 564 g/mol. The van der Waals surface area contributed by atoms with Crippen LogP contribution in [-0.2, 0) is 9.59 Å². The van der Waals surface area contributed by atoms with E-state index in [1.807, 2.05) is 31.2 Å². The number of hydrogen-bond acceptors (Lipinski definition) is 6. The molecule has 5 rings (SSSR count). The number of thiazole rings is 1. The van der Waals surface area contributed by atoms with Gasteiger partial charge in [0, 0.05) is 15.1 Å². The Hall–Kier alpha value is -3.20. The molecule has 1 atom stereocenters. The van der Waals surface area contributed by atoms with Crippen LogP contribution in [0.2, 0.25) is 5.02 Å². The van der Waals surface area contributed by atoms with Crippen molar-refractivity contribution in [2.24, 2.45) is 0 Å². The number of benzene rings is 3. The fraction of sp³-hybridized carbons (Fsp3) is 0.148. The number of carbonyl (C=O) groups is 2. The molecule has 1 N–H and O–H groups in total. The fourth-order valence-electron chi connectivity index (χ4n) is 4.10. The Morgan fingerprint density at radius 3 is 2.64 bits per heavy atom. The molecule has 1 aliphatic heterocycles.